The highest BCUT2D eigenvalue weighted by atomic mass is 32.2. The minimum absolute atomic E-state index is 0.183. The summed E-state index contributed by atoms with van der Waals surface area (Å²) in [5.74, 6) is -7.53. The second kappa shape index (κ2) is 18.4. The molecule has 1 aliphatic carbocycles. The van der Waals surface area contributed by atoms with Crippen LogP contribution in [-0.2, 0) is 21.0 Å². The Morgan fingerprint density at radius 2 is 1.50 bits per heavy atom. The van der Waals surface area contributed by atoms with E-state index in [1.54, 1.807) is 25.3 Å². The van der Waals surface area contributed by atoms with Gasteiger partial charge in [-0.3, -0.25) is 0 Å². The molecule has 0 saturated heterocycles. The molecule has 270 valence electrons. The Morgan fingerprint density at radius 3 is 2.21 bits per heavy atom. The van der Waals surface area contributed by atoms with E-state index in [0.717, 1.165) is 79.7 Å². The summed E-state index contributed by atoms with van der Waals surface area (Å²) in [5, 5.41) is 10.1. The molecule has 0 bridgehead atoms. The van der Waals surface area contributed by atoms with Gasteiger partial charge in [0.05, 0.1) is 11.5 Å². The smallest absolute Gasteiger partial charge is 0.453 e. The number of hydrogen-bond acceptors (Lipinski definition) is 5. The third kappa shape index (κ3) is 12.4. The predicted octanol–water partition coefficient (Wildman–Crippen LogP) is 8.99. The van der Waals surface area contributed by atoms with Gasteiger partial charge in [-0.05, 0) is 123 Å². The monoisotopic (exact) mass is 709 g/mol. The van der Waals surface area contributed by atoms with Gasteiger partial charge in [-0.1, -0.05) is 25.0 Å². The van der Waals surface area contributed by atoms with Crippen molar-refractivity contribution in [1.82, 2.24) is 4.90 Å². The molecule has 0 unspecified atom stereocenters. The van der Waals surface area contributed by atoms with Crippen LogP contribution >= 0.6 is 0 Å². The number of unbranched alkanes of at least 4 members (excludes halogenated alkanes) is 3. The fraction of sp³-hybridized carbons (Fsp3) is 0.600. The van der Waals surface area contributed by atoms with Crippen molar-refractivity contribution in [2.45, 2.75) is 89.1 Å². The number of aromatic hydroxyl groups is 1. The lowest BCUT2D eigenvalue weighted by molar-refractivity contribution is -0.284. The Bertz CT molecular complexity index is 1460. The quantitative estimate of drug-likeness (QED) is 0.110. The second-order valence-electron chi connectivity index (χ2n) is 12.4. The van der Waals surface area contributed by atoms with Crippen LogP contribution in [-0.4, -0.2) is 75.4 Å². The van der Waals surface area contributed by atoms with Gasteiger partial charge in [0.25, 0.3) is 0 Å². The van der Waals surface area contributed by atoms with E-state index >= 15 is 0 Å². The van der Waals surface area contributed by atoms with Crippen LogP contribution in [0.15, 0.2) is 36.4 Å². The van der Waals surface area contributed by atoms with Gasteiger partial charge < -0.3 is 14.7 Å². The molecule has 0 radical (unpaired) electrons. The van der Waals surface area contributed by atoms with Gasteiger partial charge in [-0.2, -0.15) is 22.0 Å². The Morgan fingerprint density at radius 1 is 0.812 bits per heavy atom. The van der Waals surface area contributed by atoms with Crippen LogP contribution < -0.4 is 0 Å². The van der Waals surface area contributed by atoms with Crippen LogP contribution in [0, 0.1) is 11.6 Å². The first-order valence-electron chi connectivity index (χ1n) is 16.5. The molecular weight excluding hydrogens is 663 g/mol. The zero-order chi connectivity index (χ0) is 35.4. The molecule has 0 aliphatic heterocycles. The van der Waals surface area contributed by atoms with Gasteiger partial charge in [0, 0.05) is 26.7 Å². The summed E-state index contributed by atoms with van der Waals surface area (Å²) >= 11 is 0. The summed E-state index contributed by atoms with van der Waals surface area (Å²) in [6.07, 6.45) is -0.604. The Balaban J connectivity index is 1.53. The SMILES string of the molecule is COCCCN(CCCCCCC1=C(c2ccc(F)c(F)c2)CCCc2cc(O)ccc21)CCCS(=O)(=O)CCCC(F)(F)C(F)(F)F. The molecule has 1 aliphatic rings. The van der Waals surface area contributed by atoms with Crippen LogP contribution in [0.25, 0.3) is 11.1 Å². The van der Waals surface area contributed by atoms with E-state index in [2.05, 4.69) is 4.90 Å². The van der Waals surface area contributed by atoms with Crippen LogP contribution in [0.3, 0.4) is 0 Å². The van der Waals surface area contributed by atoms with E-state index in [4.69, 9.17) is 4.74 Å². The molecule has 0 spiro atoms. The standard InChI is InChI=1S/C35H46F7NO4S/c1-47-21-8-19-43(20-9-23-48(45,46)22-7-17-34(38,39)35(40,41)42)18-5-3-2-4-11-31-29(27-13-16-32(36)33(37)25-27)12-6-10-26-24-28(44)14-15-30(26)31/h13-16,24-25,44H,2-12,17-23H2,1H3. The van der Waals surface area contributed by atoms with Crippen molar-refractivity contribution in [3.8, 4) is 5.75 Å². The number of benzene rings is 2. The number of nitrogens with zero attached hydrogens (tertiary/aromatic N) is 1. The number of hydrogen-bond donors (Lipinski definition) is 1. The number of halogens is 7. The summed E-state index contributed by atoms with van der Waals surface area (Å²) in [6.45, 7) is 2.33. The summed E-state index contributed by atoms with van der Waals surface area (Å²) in [6, 6.07) is 9.29. The summed E-state index contributed by atoms with van der Waals surface area (Å²) in [5.41, 5.74) is 4.73. The van der Waals surface area contributed by atoms with E-state index in [0.29, 0.717) is 38.2 Å². The Hall–Kier alpha value is -2.64. The zero-order valence-corrected chi connectivity index (χ0v) is 28.2. The van der Waals surface area contributed by atoms with E-state index < -0.39 is 52.2 Å². The molecule has 1 N–H and O–H groups in total. The topological polar surface area (TPSA) is 66.8 Å². The van der Waals surface area contributed by atoms with Crippen molar-refractivity contribution in [3.05, 3.63) is 64.7 Å². The third-order valence-electron chi connectivity index (χ3n) is 8.68. The van der Waals surface area contributed by atoms with Gasteiger partial charge in [0.15, 0.2) is 11.6 Å². The van der Waals surface area contributed by atoms with Gasteiger partial charge in [-0.15, -0.1) is 0 Å². The van der Waals surface area contributed by atoms with Crippen LogP contribution in [0.2, 0.25) is 0 Å². The highest BCUT2D eigenvalue weighted by molar-refractivity contribution is 7.91. The van der Waals surface area contributed by atoms with Gasteiger partial charge in [0.1, 0.15) is 15.6 Å². The van der Waals surface area contributed by atoms with E-state index in [9.17, 15) is 44.3 Å². The molecule has 0 fully saturated rings. The van der Waals surface area contributed by atoms with Gasteiger partial charge >= 0.3 is 12.1 Å². The first kappa shape index (κ1) is 39.8. The van der Waals surface area contributed by atoms with Crippen molar-refractivity contribution >= 4 is 21.0 Å². The summed E-state index contributed by atoms with van der Waals surface area (Å²) < 4.78 is 121. The molecule has 2 aromatic carbocycles. The Labute approximate surface area is 279 Å². The summed E-state index contributed by atoms with van der Waals surface area (Å²) in [4.78, 5) is 2.12. The largest absolute Gasteiger partial charge is 0.508 e. The minimum atomic E-state index is -5.70. The fourth-order valence-corrected chi connectivity index (χ4v) is 7.52. The van der Waals surface area contributed by atoms with Crippen molar-refractivity contribution in [2.24, 2.45) is 0 Å². The van der Waals surface area contributed by atoms with Crippen LogP contribution in [0.1, 0.15) is 87.3 Å². The number of allylic oxidation sites excluding steroid dienone is 2. The molecular formula is C35H46F7NO4S. The minimum Gasteiger partial charge on any atom is -0.508 e. The van der Waals surface area contributed by atoms with E-state index in [1.165, 1.54) is 6.07 Å². The lowest BCUT2D eigenvalue weighted by Crippen LogP contribution is -2.36. The maximum absolute atomic E-state index is 14.2. The van der Waals surface area contributed by atoms with Crippen molar-refractivity contribution in [1.29, 1.82) is 0 Å². The number of phenols is 1. The number of fused-ring (bicyclic) bond motifs is 1. The normalized spacial score (nSPS) is 14.4. The lowest BCUT2D eigenvalue weighted by atomic mass is 9.89. The predicted molar refractivity (Wildman–Crippen MR) is 174 cm³/mol. The molecule has 0 aromatic heterocycles. The molecule has 2 aromatic rings. The van der Waals surface area contributed by atoms with Crippen molar-refractivity contribution < 1.29 is 49.0 Å². The van der Waals surface area contributed by atoms with Crippen molar-refractivity contribution in [3.63, 3.8) is 0 Å². The number of ether oxygens (including phenoxy) is 1. The fourth-order valence-electron chi connectivity index (χ4n) is 6.16. The molecule has 3 rings (SSSR count). The van der Waals surface area contributed by atoms with Crippen molar-refractivity contribution in [2.75, 3.05) is 44.9 Å². The molecule has 13 heteroatoms. The lowest BCUT2D eigenvalue weighted by Gasteiger charge is -2.22. The highest BCUT2D eigenvalue weighted by Crippen LogP contribution is 2.40. The molecule has 48 heavy (non-hydrogen) atoms. The number of sulfone groups is 1. The highest BCUT2D eigenvalue weighted by Gasteiger charge is 2.56. The second-order valence-corrected chi connectivity index (χ2v) is 14.7. The average Bonchev–Trinajstić information content (AvgIpc) is 3.18. The third-order valence-corrected chi connectivity index (χ3v) is 10.5. The molecule has 0 saturated carbocycles. The number of alkyl halides is 5. The van der Waals surface area contributed by atoms with E-state index in [-0.39, 0.29) is 17.9 Å². The number of aryl methyl sites for hydroxylation is 1. The number of phenolic OH excluding ortho intramolecular Hbond substituents is 1. The molecule has 0 heterocycles. The molecule has 0 atom stereocenters. The average molecular weight is 710 g/mol. The zero-order valence-electron chi connectivity index (χ0n) is 27.4. The number of rotatable bonds is 20. The maximum Gasteiger partial charge on any atom is 0.453 e. The Kier molecular flexibility index (Phi) is 15.2. The summed E-state index contributed by atoms with van der Waals surface area (Å²) in [7, 11) is -2.19. The van der Waals surface area contributed by atoms with E-state index in [1.807, 2.05) is 6.07 Å². The van der Waals surface area contributed by atoms with Gasteiger partial charge in [-0.25, -0.2) is 17.2 Å². The molecule has 5 nitrogen and oxygen atoms in total. The first-order chi connectivity index (χ1) is 22.6. The van der Waals surface area contributed by atoms with Gasteiger partial charge in [0.2, 0.25) is 0 Å². The molecule has 0 amide bonds. The first-order valence-corrected chi connectivity index (χ1v) is 18.3. The van der Waals surface area contributed by atoms with Crippen LogP contribution in [0.5, 0.6) is 5.75 Å². The number of methoxy groups -OCH3 is 1. The maximum atomic E-state index is 14.2. The van der Waals surface area contributed by atoms with Crippen LogP contribution in [0.4, 0.5) is 30.7 Å².